The molecule has 0 aromatic carbocycles. The van der Waals surface area contributed by atoms with Crippen LogP contribution >= 0.6 is 0 Å². The van der Waals surface area contributed by atoms with Crippen LogP contribution in [0.2, 0.25) is 0 Å². The number of rotatable bonds is 17. The molecule has 188 valence electrons. The first-order valence-electron chi connectivity index (χ1n) is 10.3. The first kappa shape index (κ1) is 32.3. The highest BCUT2D eigenvalue weighted by Gasteiger charge is 2.39. The second-order valence-corrected chi connectivity index (χ2v) is 6.58. The first-order valence-corrected chi connectivity index (χ1v) is 10.3. The summed E-state index contributed by atoms with van der Waals surface area (Å²) in [5.41, 5.74) is -0.431. The zero-order valence-electron chi connectivity index (χ0n) is 18.4. The second kappa shape index (κ2) is 21.0. The molecule has 0 aromatic heterocycles. The summed E-state index contributed by atoms with van der Waals surface area (Å²) in [5, 5.41) is 63.8. The highest BCUT2D eigenvalue weighted by atomic mass is 16.5. The summed E-state index contributed by atoms with van der Waals surface area (Å²) in [7, 11) is 0. The van der Waals surface area contributed by atoms with Gasteiger partial charge in [-0.15, -0.1) is 0 Å². The van der Waals surface area contributed by atoms with Crippen LogP contribution in [0.15, 0.2) is 23.8 Å². The summed E-state index contributed by atoms with van der Waals surface area (Å²) in [4.78, 5) is 22.7. The number of hydrogen-bond donors (Lipinski definition) is 7. The Labute approximate surface area is 188 Å². The molecular formula is C21H38O11. The predicted molar refractivity (Wildman–Crippen MR) is 114 cm³/mol. The Balaban J connectivity index is 0. The van der Waals surface area contributed by atoms with Crippen molar-refractivity contribution in [2.45, 2.75) is 32.1 Å². The first-order chi connectivity index (χ1) is 15.4. The molecule has 0 aromatic rings. The van der Waals surface area contributed by atoms with E-state index in [-0.39, 0.29) is 97.1 Å². The van der Waals surface area contributed by atoms with Crippen LogP contribution in [0.4, 0.5) is 0 Å². The molecule has 0 fully saturated rings. The van der Waals surface area contributed by atoms with Crippen molar-refractivity contribution in [3.63, 3.8) is 0 Å². The zero-order chi connectivity index (χ0) is 24.8. The van der Waals surface area contributed by atoms with Gasteiger partial charge < -0.3 is 45.2 Å². The van der Waals surface area contributed by atoms with Gasteiger partial charge in [0.25, 0.3) is 0 Å². The van der Waals surface area contributed by atoms with E-state index < -0.39 is 17.4 Å². The Morgan fingerprint density at radius 1 is 0.688 bits per heavy atom. The molecule has 0 amide bonds. The predicted octanol–water partition coefficient (Wildman–Crippen LogP) is -1.58. The minimum atomic E-state index is -1.04. The van der Waals surface area contributed by atoms with Gasteiger partial charge in [-0.25, -0.2) is 9.59 Å². The Kier molecular flexibility index (Phi) is 21.2. The molecule has 0 atom stereocenters. The van der Waals surface area contributed by atoms with Crippen molar-refractivity contribution in [2.24, 2.45) is 5.41 Å². The number of esters is 2. The van der Waals surface area contributed by atoms with Crippen LogP contribution in [0, 0.1) is 5.41 Å². The van der Waals surface area contributed by atoms with Crippen molar-refractivity contribution in [1.82, 2.24) is 0 Å². The molecule has 0 aliphatic carbocycles. The SMILES string of the molecule is C=CC(=O)OCCO.O=C(OCCO)C(=C(CCO)CCO)C(CCO)(CCO)CCO. The van der Waals surface area contributed by atoms with Crippen LogP contribution in [0.5, 0.6) is 0 Å². The number of hydrogen-bond acceptors (Lipinski definition) is 11. The molecule has 0 spiro atoms. The van der Waals surface area contributed by atoms with Crippen LogP contribution in [0.3, 0.4) is 0 Å². The van der Waals surface area contributed by atoms with E-state index in [0.29, 0.717) is 5.57 Å². The van der Waals surface area contributed by atoms with E-state index in [1.54, 1.807) is 0 Å². The molecule has 0 unspecified atom stereocenters. The summed E-state index contributed by atoms with van der Waals surface area (Å²) in [5.74, 6) is -1.24. The molecule has 7 N–H and O–H groups in total. The van der Waals surface area contributed by atoms with Crippen LogP contribution in [0.1, 0.15) is 32.1 Å². The van der Waals surface area contributed by atoms with Crippen molar-refractivity contribution in [3.05, 3.63) is 23.8 Å². The lowest BCUT2D eigenvalue weighted by Gasteiger charge is -2.36. The molecule has 11 nitrogen and oxygen atoms in total. The quantitative estimate of drug-likeness (QED) is 0.0966. The van der Waals surface area contributed by atoms with Crippen molar-refractivity contribution in [1.29, 1.82) is 0 Å². The molecule has 0 saturated heterocycles. The third kappa shape index (κ3) is 12.9. The maximum Gasteiger partial charge on any atom is 0.334 e. The van der Waals surface area contributed by atoms with Gasteiger partial charge in [0.1, 0.15) is 13.2 Å². The second-order valence-electron chi connectivity index (χ2n) is 6.58. The number of ether oxygens (including phenoxy) is 2. The van der Waals surface area contributed by atoms with Gasteiger partial charge in [0.05, 0.1) is 13.2 Å². The zero-order valence-corrected chi connectivity index (χ0v) is 18.4. The average molecular weight is 467 g/mol. The van der Waals surface area contributed by atoms with Gasteiger partial charge in [-0.3, -0.25) is 0 Å². The van der Waals surface area contributed by atoms with Gasteiger partial charge in [0.2, 0.25) is 0 Å². The maximum atomic E-state index is 12.6. The molecule has 0 aliphatic rings. The third-order valence-electron chi connectivity index (χ3n) is 4.51. The summed E-state index contributed by atoms with van der Waals surface area (Å²) in [6.45, 7) is 1.16. The fourth-order valence-corrected chi connectivity index (χ4v) is 3.19. The molecular weight excluding hydrogens is 428 g/mol. The van der Waals surface area contributed by atoms with Crippen LogP contribution < -0.4 is 0 Å². The molecule has 0 bridgehead atoms. The van der Waals surface area contributed by atoms with Crippen molar-refractivity contribution in [3.8, 4) is 0 Å². The molecule has 11 heteroatoms. The Morgan fingerprint density at radius 2 is 1.12 bits per heavy atom. The normalized spacial score (nSPS) is 10.6. The Hall–Kier alpha value is -1.86. The van der Waals surface area contributed by atoms with Crippen molar-refractivity contribution >= 4 is 11.9 Å². The van der Waals surface area contributed by atoms with Crippen LogP contribution in [-0.2, 0) is 19.1 Å². The number of carbonyl (C=O) groups is 2. The van der Waals surface area contributed by atoms with E-state index in [4.69, 9.17) is 14.9 Å². The Morgan fingerprint density at radius 3 is 1.47 bits per heavy atom. The van der Waals surface area contributed by atoms with Gasteiger partial charge in [-0.05, 0) is 32.1 Å². The molecule has 0 radical (unpaired) electrons. The molecule has 0 heterocycles. The number of aliphatic hydroxyl groups is 7. The number of carbonyl (C=O) groups excluding carboxylic acids is 2. The summed E-state index contributed by atoms with van der Waals surface area (Å²) < 4.78 is 9.35. The minimum Gasteiger partial charge on any atom is -0.460 e. The molecule has 0 aliphatic heterocycles. The van der Waals surface area contributed by atoms with Crippen LogP contribution in [-0.4, -0.2) is 107 Å². The molecule has 32 heavy (non-hydrogen) atoms. The lowest BCUT2D eigenvalue weighted by atomic mass is 9.69. The van der Waals surface area contributed by atoms with Gasteiger partial charge >= 0.3 is 11.9 Å². The lowest BCUT2D eigenvalue weighted by Crippen LogP contribution is -2.34. The fraction of sp³-hybridized carbons (Fsp3) is 0.714. The van der Waals surface area contributed by atoms with Gasteiger partial charge in [0.15, 0.2) is 0 Å². The largest absolute Gasteiger partial charge is 0.460 e. The molecule has 0 rings (SSSR count). The maximum absolute atomic E-state index is 12.6. The third-order valence-corrected chi connectivity index (χ3v) is 4.51. The van der Waals surface area contributed by atoms with Crippen molar-refractivity contribution in [2.75, 3.05) is 59.5 Å². The number of aliphatic hydroxyl groups excluding tert-OH is 7. The van der Waals surface area contributed by atoms with Gasteiger partial charge in [-0.2, -0.15) is 0 Å². The minimum absolute atomic E-state index is 0.0465. The van der Waals surface area contributed by atoms with Gasteiger partial charge in [0, 0.05) is 50.1 Å². The van der Waals surface area contributed by atoms with E-state index in [9.17, 15) is 35.1 Å². The summed E-state index contributed by atoms with van der Waals surface area (Å²) >= 11 is 0. The molecule has 0 saturated carbocycles. The van der Waals surface area contributed by atoms with E-state index in [1.807, 2.05) is 0 Å². The van der Waals surface area contributed by atoms with E-state index >= 15 is 0 Å². The fourth-order valence-electron chi connectivity index (χ4n) is 3.19. The van der Waals surface area contributed by atoms with Gasteiger partial charge in [-0.1, -0.05) is 12.2 Å². The Bertz CT molecular complexity index is 521. The highest BCUT2D eigenvalue weighted by molar-refractivity contribution is 5.91. The average Bonchev–Trinajstić information content (AvgIpc) is 2.77. The smallest absolute Gasteiger partial charge is 0.334 e. The van der Waals surface area contributed by atoms with Crippen LogP contribution in [0.25, 0.3) is 0 Å². The highest BCUT2D eigenvalue weighted by Crippen LogP contribution is 2.42. The summed E-state index contributed by atoms with van der Waals surface area (Å²) in [6.07, 6.45) is 1.62. The van der Waals surface area contributed by atoms with E-state index in [1.165, 1.54) is 0 Å². The van der Waals surface area contributed by atoms with Crippen molar-refractivity contribution < 1.29 is 54.8 Å². The van der Waals surface area contributed by atoms with E-state index in [2.05, 4.69) is 11.3 Å². The summed E-state index contributed by atoms with van der Waals surface area (Å²) in [6, 6.07) is 0. The topological polar surface area (TPSA) is 194 Å². The standard InChI is InChI=1S/C16H30O8.C5H8O3/c17-6-1-13(2-7-18)14(15(23)24-12-11-22)16(3-8-19,4-9-20)5-10-21;1-2-5(7)8-4-3-6/h17-22H,1-12H2;2,6H,1,3-4H2. The van der Waals surface area contributed by atoms with E-state index in [0.717, 1.165) is 6.08 Å². The lowest BCUT2D eigenvalue weighted by molar-refractivity contribution is -0.142. The monoisotopic (exact) mass is 466 g/mol.